The summed E-state index contributed by atoms with van der Waals surface area (Å²) in [5.41, 5.74) is 2.39. The number of rotatable bonds is 5. The van der Waals surface area contributed by atoms with Gasteiger partial charge < -0.3 is 9.30 Å². The van der Waals surface area contributed by atoms with Gasteiger partial charge in [0.25, 0.3) is 5.24 Å². The van der Waals surface area contributed by atoms with Gasteiger partial charge in [-0.2, -0.15) is 0 Å². The quantitative estimate of drug-likeness (QED) is 0.393. The first kappa shape index (κ1) is 17.4. The molecule has 0 N–H and O–H groups in total. The highest BCUT2D eigenvalue weighted by Gasteiger charge is 2.21. The smallest absolute Gasteiger partial charge is 0.254 e. The van der Waals surface area contributed by atoms with Crippen molar-refractivity contribution >= 4 is 55.4 Å². The van der Waals surface area contributed by atoms with E-state index in [9.17, 15) is 4.79 Å². The van der Waals surface area contributed by atoms with E-state index in [-0.39, 0.29) is 0 Å². The van der Waals surface area contributed by atoms with Gasteiger partial charge in [-0.05, 0) is 51.8 Å². The van der Waals surface area contributed by atoms with Gasteiger partial charge in [0.15, 0.2) is 0 Å². The zero-order valence-corrected chi connectivity index (χ0v) is 16.3. The topological polar surface area (TPSA) is 31.2 Å². The molecule has 0 unspecified atom stereocenters. The van der Waals surface area contributed by atoms with E-state index in [1.54, 1.807) is 18.9 Å². The third kappa shape index (κ3) is 3.21. The Labute approximate surface area is 158 Å². The summed E-state index contributed by atoms with van der Waals surface area (Å²) in [6, 6.07) is 13.9. The highest BCUT2D eigenvalue weighted by Crippen LogP contribution is 2.37. The monoisotopic (exact) mass is 423 g/mol. The number of halogens is 2. The lowest BCUT2D eigenvalue weighted by molar-refractivity contribution is 0.108. The van der Waals surface area contributed by atoms with Crippen molar-refractivity contribution in [2.24, 2.45) is 7.05 Å². The molecule has 0 aliphatic carbocycles. The van der Waals surface area contributed by atoms with Crippen LogP contribution < -0.4 is 4.74 Å². The third-order valence-corrected chi connectivity index (χ3v) is 5.74. The first-order valence-corrected chi connectivity index (χ1v) is 9.41. The van der Waals surface area contributed by atoms with Crippen LogP contribution in [0.25, 0.3) is 10.9 Å². The number of carbonyl (C=O) groups is 1. The van der Waals surface area contributed by atoms with Gasteiger partial charge in [-0.25, -0.2) is 0 Å². The average Bonchev–Trinajstić information content (AvgIpc) is 2.85. The first-order valence-electron chi connectivity index (χ1n) is 7.25. The Morgan fingerprint density at radius 3 is 2.62 bits per heavy atom. The molecule has 0 atom stereocenters. The fraction of sp³-hybridized carbons (Fsp3) is 0.167. The summed E-state index contributed by atoms with van der Waals surface area (Å²) < 4.78 is 8.21. The maximum absolute atomic E-state index is 12.1. The van der Waals surface area contributed by atoms with Gasteiger partial charge >= 0.3 is 0 Å². The summed E-state index contributed by atoms with van der Waals surface area (Å²) in [7, 11) is 3.55. The van der Waals surface area contributed by atoms with Crippen LogP contribution in [0.2, 0.25) is 0 Å². The van der Waals surface area contributed by atoms with E-state index in [0.29, 0.717) is 17.1 Å². The van der Waals surface area contributed by atoms with Crippen LogP contribution >= 0.6 is 39.3 Å². The molecule has 0 saturated carbocycles. The highest BCUT2D eigenvalue weighted by atomic mass is 79.9. The van der Waals surface area contributed by atoms with E-state index in [2.05, 4.69) is 28.1 Å². The van der Waals surface area contributed by atoms with Crippen LogP contribution in [0.4, 0.5) is 0 Å². The number of thioether (sulfide) groups is 1. The number of fused-ring (bicyclic) bond motifs is 1. The van der Waals surface area contributed by atoms with Crippen LogP contribution in [-0.2, 0) is 12.8 Å². The molecule has 3 nitrogen and oxygen atoms in total. The van der Waals surface area contributed by atoms with Crippen LogP contribution in [0.3, 0.4) is 0 Å². The summed E-state index contributed by atoms with van der Waals surface area (Å²) in [6.07, 6.45) is 0. The number of hydrogen-bond donors (Lipinski definition) is 0. The summed E-state index contributed by atoms with van der Waals surface area (Å²) in [5.74, 6) is 1.33. The Balaban J connectivity index is 2.10. The molecule has 0 amide bonds. The SMILES string of the molecule is COc1cc2c(C(=O)Cl)c(CSc3ccccc3)n(C)c2cc1Br. The second-order valence-electron chi connectivity index (χ2n) is 5.26. The fourth-order valence-electron chi connectivity index (χ4n) is 2.70. The molecule has 2 aromatic carbocycles. The van der Waals surface area contributed by atoms with Gasteiger partial charge in [0, 0.05) is 28.8 Å². The minimum atomic E-state index is -0.450. The van der Waals surface area contributed by atoms with Crippen LogP contribution in [0.15, 0.2) is 51.8 Å². The number of ether oxygens (including phenoxy) is 1. The Bertz CT molecular complexity index is 909. The molecule has 0 radical (unpaired) electrons. The maximum atomic E-state index is 12.1. The van der Waals surface area contributed by atoms with Gasteiger partial charge in [0.05, 0.1) is 22.7 Å². The molecule has 3 rings (SSSR count). The number of nitrogens with zero attached hydrogens (tertiary/aromatic N) is 1. The van der Waals surface area contributed by atoms with Gasteiger partial charge in [-0.3, -0.25) is 4.79 Å². The number of carbonyl (C=O) groups excluding carboxylic acids is 1. The minimum Gasteiger partial charge on any atom is -0.496 e. The van der Waals surface area contributed by atoms with E-state index >= 15 is 0 Å². The predicted molar refractivity (Wildman–Crippen MR) is 103 cm³/mol. The number of methoxy groups -OCH3 is 1. The van der Waals surface area contributed by atoms with Gasteiger partial charge in [0.1, 0.15) is 5.75 Å². The standard InChI is InChI=1S/C18H15BrClNO2S/c1-21-14-9-13(19)16(23-2)8-12(14)17(18(20)22)15(21)10-24-11-6-4-3-5-7-11/h3-9H,10H2,1-2H3. The van der Waals surface area contributed by atoms with Crippen molar-refractivity contribution in [3.63, 3.8) is 0 Å². The van der Waals surface area contributed by atoms with Crippen molar-refractivity contribution in [2.75, 3.05) is 7.11 Å². The number of aromatic nitrogens is 1. The van der Waals surface area contributed by atoms with Crippen molar-refractivity contribution in [3.8, 4) is 5.75 Å². The van der Waals surface area contributed by atoms with Crippen molar-refractivity contribution < 1.29 is 9.53 Å². The summed E-state index contributed by atoms with van der Waals surface area (Å²) in [5, 5.41) is 0.356. The molecule has 0 aliphatic heterocycles. The molecule has 0 aliphatic rings. The Morgan fingerprint density at radius 1 is 1.29 bits per heavy atom. The summed E-state index contributed by atoms with van der Waals surface area (Å²) >= 11 is 11.1. The molecule has 0 spiro atoms. The predicted octanol–water partition coefficient (Wildman–Crippen LogP) is 5.62. The lowest BCUT2D eigenvalue weighted by Gasteiger charge is -2.06. The third-order valence-electron chi connectivity index (χ3n) is 3.91. The molecule has 6 heteroatoms. The highest BCUT2D eigenvalue weighted by molar-refractivity contribution is 9.10. The number of hydrogen-bond acceptors (Lipinski definition) is 3. The van der Waals surface area contributed by atoms with Crippen molar-refractivity contribution in [1.82, 2.24) is 4.57 Å². The zero-order chi connectivity index (χ0) is 17.3. The first-order chi connectivity index (χ1) is 11.5. The molecule has 24 heavy (non-hydrogen) atoms. The molecule has 1 heterocycles. The van der Waals surface area contributed by atoms with Crippen LogP contribution in [0.1, 0.15) is 16.1 Å². The summed E-state index contributed by atoms with van der Waals surface area (Å²) in [4.78, 5) is 13.2. The largest absolute Gasteiger partial charge is 0.496 e. The fourth-order valence-corrected chi connectivity index (χ4v) is 4.40. The van der Waals surface area contributed by atoms with E-state index in [1.165, 1.54) is 0 Å². The van der Waals surface area contributed by atoms with Crippen LogP contribution in [0, 0.1) is 0 Å². The van der Waals surface area contributed by atoms with E-state index < -0.39 is 5.24 Å². The molecular weight excluding hydrogens is 410 g/mol. The molecule has 0 fully saturated rings. The van der Waals surface area contributed by atoms with Gasteiger partial charge in [0.2, 0.25) is 0 Å². The van der Waals surface area contributed by atoms with E-state index in [1.807, 2.05) is 41.9 Å². The van der Waals surface area contributed by atoms with Crippen molar-refractivity contribution in [3.05, 3.63) is 58.2 Å². The van der Waals surface area contributed by atoms with Gasteiger partial charge in [-0.1, -0.05) is 18.2 Å². The van der Waals surface area contributed by atoms with Gasteiger partial charge in [-0.15, -0.1) is 11.8 Å². The number of aryl methyl sites for hydroxylation is 1. The molecule has 0 bridgehead atoms. The van der Waals surface area contributed by atoms with Crippen molar-refractivity contribution in [2.45, 2.75) is 10.6 Å². The molecule has 0 saturated heterocycles. The lowest BCUT2D eigenvalue weighted by Crippen LogP contribution is -1.99. The maximum Gasteiger partial charge on any atom is 0.254 e. The molecular formula is C18H15BrClNO2S. The normalized spacial score (nSPS) is 11.0. The van der Waals surface area contributed by atoms with Crippen LogP contribution in [-0.4, -0.2) is 16.9 Å². The molecule has 3 aromatic rings. The van der Waals surface area contributed by atoms with Crippen molar-refractivity contribution in [1.29, 1.82) is 0 Å². The second-order valence-corrected chi connectivity index (χ2v) is 7.51. The average molecular weight is 425 g/mol. The van der Waals surface area contributed by atoms with E-state index in [4.69, 9.17) is 16.3 Å². The Kier molecular flexibility index (Phi) is 5.23. The van der Waals surface area contributed by atoms with Crippen LogP contribution in [0.5, 0.6) is 5.75 Å². The van der Waals surface area contributed by atoms with E-state index in [0.717, 1.165) is 26.0 Å². The lowest BCUT2D eigenvalue weighted by atomic mass is 10.1. The molecule has 1 aromatic heterocycles. The second kappa shape index (κ2) is 7.21. The molecule has 124 valence electrons. The zero-order valence-electron chi connectivity index (χ0n) is 13.2. The minimum absolute atomic E-state index is 0.450. The number of benzene rings is 2. The summed E-state index contributed by atoms with van der Waals surface area (Å²) in [6.45, 7) is 0. The Hall–Kier alpha value is -1.43. The Morgan fingerprint density at radius 2 is 2.00 bits per heavy atom.